The molecule has 2 N–H and O–H groups in total. The van der Waals surface area contributed by atoms with Crippen LogP contribution in [0.2, 0.25) is 0 Å². The van der Waals surface area contributed by atoms with Gasteiger partial charge in [0.1, 0.15) is 0 Å². The number of ether oxygens (including phenoxy) is 1. The third-order valence-corrected chi connectivity index (χ3v) is 14.9. The summed E-state index contributed by atoms with van der Waals surface area (Å²) in [4.78, 5) is 12.0. The van der Waals surface area contributed by atoms with Crippen molar-refractivity contribution in [2.45, 2.75) is 117 Å². The highest BCUT2D eigenvalue weighted by Crippen LogP contribution is 2.77. The Hall–Kier alpha value is -1.61. The number of methoxy groups -OCH3 is 1. The predicted octanol–water partition coefficient (Wildman–Crippen LogP) is 8.93. The molecule has 3 nitrogen and oxygen atoms in total. The minimum Gasteiger partial charge on any atom is -0.465 e. The number of carbonyl (C=O) groups is 1. The lowest BCUT2D eigenvalue weighted by atomic mass is 9.32. The van der Waals surface area contributed by atoms with Gasteiger partial charge in [0, 0.05) is 5.54 Å². The number of fused-ring (bicyclic) bond motifs is 7. The SMILES string of the molecule is C=C(C)[C@@H]1CC[C@]2(N)CC[C@]3(C)[C@H](CC[C@@H]4[C@@]5(C)CC[C@@H](c6ccc(C(=O)OC)cc6)C(C)(C)[C@@H]5CC[C@]43C)[C@@H]12. The Labute approximate surface area is 244 Å². The highest BCUT2D eigenvalue weighted by atomic mass is 16.5. The Morgan fingerprint density at radius 2 is 1.55 bits per heavy atom. The van der Waals surface area contributed by atoms with Crippen LogP contribution < -0.4 is 5.73 Å². The monoisotopic (exact) mass is 545 g/mol. The molecule has 3 heteroatoms. The van der Waals surface area contributed by atoms with Crippen LogP contribution in [0.25, 0.3) is 0 Å². The molecule has 5 fully saturated rings. The Bertz CT molecular complexity index is 1190. The van der Waals surface area contributed by atoms with Gasteiger partial charge in [-0.15, -0.1) is 0 Å². The molecule has 0 spiro atoms. The zero-order valence-corrected chi connectivity index (χ0v) is 26.4. The zero-order chi connectivity index (χ0) is 28.9. The molecule has 0 bridgehead atoms. The summed E-state index contributed by atoms with van der Waals surface area (Å²) in [6.07, 6.45) is 12.9. The maximum Gasteiger partial charge on any atom is 0.337 e. The first-order chi connectivity index (χ1) is 18.7. The van der Waals surface area contributed by atoms with Crippen LogP contribution in [-0.2, 0) is 4.74 Å². The number of esters is 1. The van der Waals surface area contributed by atoms with Gasteiger partial charge < -0.3 is 10.5 Å². The summed E-state index contributed by atoms with van der Waals surface area (Å²) in [5, 5.41) is 0. The van der Waals surface area contributed by atoms with Gasteiger partial charge >= 0.3 is 5.97 Å². The van der Waals surface area contributed by atoms with Gasteiger partial charge in [0.05, 0.1) is 12.7 Å². The normalized spacial score (nSPS) is 47.3. The van der Waals surface area contributed by atoms with Crippen molar-refractivity contribution in [1.29, 1.82) is 0 Å². The number of hydrogen-bond acceptors (Lipinski definition) is 3. The van der Waals surface area contributed by atoms with E-state index >= 15 is 0 Å². The van der Waals surface area contributed by atoms with Crippen molar-refractivity contribution in [3.63, 3.8) is 0 Å². The first-order valence-corrected chi connectivity index (χ1v) is 16.4. The van der Waals surface area contributed by atoms with E-state index in [1.165, 1.54) is 82.5 Å². The molecule has 0 radical (unpaired) electrons. The van der Waals surface area contributed by atoms with Gasteiger partial charge in [0.2, 0.25) is 0 Å². The molecule has 5 aliphatic rings. The number of allylic oxidation sites excluding steroid dienone is 1. The lowest BCUT2D eigenvalue weighted by Crippen LogP contribution is -2.67. The molecule has 0 amide bonds. The molecular formula is C37H55NO2. The maximum atomic E-state index is 12.0. The second-order valence-corrected chi connectivity index (χ2v) is 16.4. The maximum absolute atomic E-state index is 12.0. The van der Waals surface area contributed by atoms with Crippen molar-refractivity contribution < 1.29 is 9.53 Å². The van der Waals surface area contributed by atoms with Crippen LogP contribution in [0.15, 0.2) is 36.4 Å². The molecule has 10 atom stereocenters. The minimum absolute atomic E-state index is 0.0293. The van der Waals surface area contributed by atoms with Gasteiger partial charge in [-0.25, -0.2) is 4.79 Å². The second kappa shape index (κ2) is 9.19. The van der Waals surface area contributed by atoms with Gasteiger partial charge in [0.25, 0.3) is 0 Å². The van der Waals surface area contributed by atoms with Crippen LogP contribution in [-0.4, -0.2) is 18.6 Å². The van der Waals surface area contributed by atoms with Crippen LogP contribution in [0, 0.1) is 51.2 Å². The summed E-state index contributed by atoms with van der Waals surface area (Å²) in [5.41, 5.74) is 12.0. The molecule has 40 heavy (non-hydrogen) atoms. The average Bonchev–Trinajstić information content (AvgIpc) is 3.26. The summed E-state index contributed by atoms with van der Waals surface area (Å²) in [6, 6.07) is 8.32. The lowest BCUT2D eigenvalue weighted by molar-refractivity contribution is -0.232. The van der Waals surface area contributed by atoms with Crippen molar-refractivity contribution in [3.05, 3.63) is 47.5 Å². The third kappa shape index (κ3) is 3.67. The molecule has 220 valence electrons. The summed E-state index contributed by atoms with van der Waals surface area (Å²) >= 11 is 0. The Balaban J connectivity index is 1.31. The third-order valence-electron chi connectivity index (χ3n) is 14.9. The van der Waals surface area contributed by atoms with Crippen LogP contribution in [0.1, 0.15) is 128 Å². The van der Waals surface area contributed by atoms with Crippen molar-refractivity contribution in [3.8, 4) is 0 Å². The van der Waals surface area contributed by atoms with Crippen LogP contribution in [0.3, 0.4) is 0 Å². The standard InChI is InChI=1S/C37H55NO2/c1-23(2)26-15-20-37(38)22-21-35(6)28(31(26)37)13-14-30-34(5)18-16-27(24-9-11-25(12-10-24)32(39)40-8)33(3,4)29(34)17-19-36(30,35)7/h9-12,26-31H,1,13-22,38H2,2-8H3/t26-,27-,28+,29-,30+,31+,34-,35+,36+,37-/m0/s1. The van der Waals surface area contributed by atoms with Crippen LogP contribution in [0.4, 0.5) is 0 Å². The predicted molar refractivity (Wildman–Crippen MR) is 164 cm³/mol. The second-order valence-electron chi connectivity index (χ2n) is 16.4. The lowest BCUT2D eigenvalue weighted by Gasteiger charge is -2.73. The molecule has 1 aromatic rings. The number of benzene rings is 1. The van der Waals surface area contributed by atoms with Gasteiger partial charge in [-0.05, 0) is 146 Å². The first-order valence-electron chi connectivity index (χ1n) is 16.4. The van der Waals surface area contributed by atoms with Gasteiger partial charge in [-0.3, -0.25) is 0 Å². The van der Waals surface area contributed by atoms with E-state index in [2.05, 4.69) is 60.3 Å². The Morgan fingerprint density at radius 1 is 0.850 bits per heavy atom. The van der Waals surface area contributed by atoms with Gasteiger partial charge in [-0.2, -0.15) is 0 Å². The molecular weight excluding hydrogens is 490 g/mol. The fourth-order valence-corrected chi connectivity index (χ4v) is 12.8. The van der Waals surface area contributed by atoms with Gasteiger partial charge in [-0.1, -0.05) is 58.9 Å². The van der Waals surface area contributed by atoms with E-state index in [9.17, 15) is 4.79 Å². The summed E-state index contributed by atoms with van der Waals surface area (Å²) in [6.45, 7) is 20.0. The van der Waals surface area contributed by atoms with Crippen LogP contribution in [0.5, 0.6) is 0 Å². The summed E-state index contributed by atoms with van der Waals surface area (Å²) in [5.74, 6) is 3.72. The number of rotatable bonds is 3. The first kappa shape index (κ1) is 28.5. The van der Waals surface area contributed by atoms with Crippen LogP contribution >= 0.6 is 0 Å². The van der Waals surface area contributed by atoms with E-state index in [1.54, 1.807) is 0 Å². The van der Waals surface area contributed by atoms with Crippen molar-refractivity contribution in [2.24, 2.45) is 57.0 Å². The molecule has 6 rings (SSSR count). The summed E-state index contributed by atoms with van der Waals surface area (Å²) in [7, 11) is 1.46. The van der Waals surface area contributed by atoms with E-state index in [1.807, 2.05) is 12.1 Å². The fourth-order valence-electron chi connectivity index (χ4n) is 12.8. The minimum atomic E-state index is -0.251. The molecule has 0 aliphatic heterocycles. The highest BCUT2D eigenvalue weighted by molar-refractivity contribution is 5.89. The smallest absolute Gasteiger partial charge is 0.337 e. The number of hydrogen-bond donors (Lipinski definition) is 1. The molecule has 0 unspecified atom stereocenters. The quantitative estimate of drug-likeness (QED) is 0.305. The number of nitrogens with two attached hydrogens (primary N) is 1. The molecule has 0 aromatic heterocycles. The van der Waals surface area contributed by atoms with Crippen molar-refractivity contribution >= 4 is 5.97 Å². The van der Waals surface area contributed by atoms with E-state index in [-0.39, 0.29) is 16.9 Å². The molecule has 5 aliphatic carbocycles. The summed E-state index contributed by atoms with van der Waals surface area (Å²) < 4.78 is 4.95. The van der Waals surface area contributed by atoms with E-state index in [0.29, 0.717) is 45.5 Å². The zero-order valence-electron chi connectivity index (χ0n) is 26.4. The molecule has 5 saturated carbocycles. The van der Waals surface area contributed by atoms with E-state index in [4.69, 9.17) is 10.5 Å². The highest BCUT2D eigenvalue weighted by Gasteiger charge is 2.70. The van der Waals surface area contributed by atoms with E-state index < -0.39 is 0 Å². The molecule has 1 aromatic carbocycles. The topological polar surface area (TPSA) is 52.3 Å². The molecule has 0 saturated heterocycles. The Morgan fingerprint density at radius 3 is 2.20 bits per heavy atom. The average molecular weight is 546 g/mol. The van der Waals surface area contributed by atoms with E-state index in [0.717, 1.165) is 11.8 Å². The largest absolute Gasteiger partial charge is 0.465 e. The fraction of sp³-hybridized carbons (Fsp3) is 0.757. The van der Waals surface area contributed by atoms with Crippen molar-refractivity contribution in [1.82, 2.24) is 0 Å². The Kier molecular flexibility index (Phi) is 6.55. The number of carbonyl (C=O) groups excluding carboxylic acids is 1. The van der Waals surface area contributed by atoms with Gasteiger partial charge in [0.15, 0.2) is 0 Å². The van der Waals surface area contributed by atoms with Crippen molar-refractivity contribution in [2.75, 3.05) is 7.11 Å². The molecule has 0 heterocycles.